The van der Waals surface area contributed by atoms with E-state index < -0.39 is 0 Å². The van der Waals surface area contributed by atoms with Crippen LogP contribution in [0.15, 0.2) is 29.3 Å². The van der Waals surface area contributed by atoms with Crippen LogP contribution in [-0.4, -0.2) is 32.3 Å². The number of ether oxygens (including phenoxy) is 1. The number of rotatable bonds is 8. The average molecular weight is 289 g/mol. The molecule has 4 nitrogen and oxygen atoms in total. The first-order chi connectivity index (χ1) is 10.2. The molecule has 0 atom stereocenters. The Kier molecular flexibility index (Phi) is 5.62. The Morgan fingerprint density at radius 3 is 2.81 bits per heavy atom. The molecule has 1 aliphatic carbocycles. The van der Waals surface area contributed by atoms with Crippen LogP contribution in [0.5, 0.6) is 0 Å². The molecule has 0 heterocycles. The van der Waals surface area contributed by atoms with Crippen molar-refractivity contribution >= 4 is 5.96 Å². The molecule has 2 rings (SSSR count). The van der Waals surface area contributed by atoms with Gasteiger partial charge in [-0.2, -0.15) is 0 Å². The Morgan fingerprint density at radius 2 is 2.14 bits per heavy atom. The Labute approximate surface area is 127 Å². The predicted molar refractivity (Wildman–Crippen MR) is 87.7 cm³/mol. The smallest absolute Gasteiger partial charge is 0.188 e. The summed E-state index contributed by atoms with van der Waals surface area (Å²) in [4.78, 5) is 4.54. The first-order valence-electron chi connectivity index (χ1n) is 7.85. The van der Waals surface area contributed by atoms with E-state index in [-0.39, 0.29) is 5.41 Å². The minimum atomic E-state index is 0.225. The summed E-state index contributed by atoms with van der Waals surface area (Å²) < 4.78 is 5.29. The van der Waals surface area contributed by atoms with E-state index in [2.05, 4.69) is 41.5 Å². The zero-order chi connectivity index (χ0) is 15.1. The molecule has 1 aromatic carbocycles. The summed E-state index contributed by atoms with van der Waals surface area (Å²) in [5, 5.41) is 3.16. The molecule has 0 aliphatic heterocycles. The van der Waals surface area contributed by atoms with Gasteiger partial charge in [0.05, 0.1) is 6.54 Å². The molecule has 116 valence electrons. The maximum absolute atomic E-state index is 5.94. The minimum absolute atomic E-state index is 0.225. The number of nitrogens with one attached hydrogen (secondary N) is 1. The third-order valence-corrected chi connectivity index (χ3v) is 4.10. The van der Waals surface area contributed by atoms with Crippen molar-refractivity contribution in [3.05, 3.63) is 35.4 Å². The maximum atomic E-state index is 5.94. The van der Waals surface area contributed by atoms with Gasteiger partial charge in [0.15, 0.2) is 5.96 Å². The zero-order valence-electron chi connectivity index (χ0n) is 13.2. The van der Waals surface area contributed by atoms with Crippen LogP contribution in [0, 0.1) is 6.92 Å². The molecule has 0 spiro atoms. The van der Waals surface area contributed by atoms with Crippen molar-refractivity contribution in [1.82, 2.24) is 5.32 Å². The van der Waals surface area contributed by atoms with Gasteiger partial charge in [-0.25, -0.2) is 0 Å². The molecule has 21 heavy (non-hydrogen) atoms. The van der Waals surface area contributed by atoms with E-state index >= 15 is 0 Å². The summed E-state index contributed by atoms with van der Waals surface area (Å²) in [5.74, 6) is 0.548. The number of aliphatic imine (C=N–C) groups is 1. The van der Waals surface area contributed by atoms with Crippen LogP contribution in [-0.2, 0) is 10.2 Å². The Balaban J connectivity index is 1.81. The molecule has 0 unspecified atom stereocenters. The van der Waals surface area contributed by atoms with Gasteiger partial charge in [-0.1, -0.05) is 24.3 Å². The lowest BCUT2D eigenvalue weighted by Gasteiger charge is -2.16. The van der Waals surface area contributed by atoms with Crippen LogP contribution in [0.2, 0.25) is 0 Å². The zero-order valence-corrected chi connectivity index (χ0v) is 13.2. The third-order valence-electron chi connectivity index (χ3n) is 4.10. The highest BCUT2D eigenvalue weighted by Crippen LogP contribution is 2.49. The largest absolute Gasteiger partial charge is 0.382 e. The summed E-state index contributed by atoms with van der Waals surface area (Å²) in [5.41, 5.74) is 8.95. The van der Waals surface area contributed by atoms with Gasteiger partial charge in [-0.05, 0) is 44.2 Å². The molecular weight excluding hydrogens is 262 g/mol. The number of nitrogens with two attached hydrogens (primary N) is 1. The van der Waals surface area contributed by atoms with Crippen molar-refractivity contribution in [1.29, 1.82) is 0 Å². The van der Waals surface area contributed by atoms with Crippen LogP contribution in [0.4, 0.5) is 0 Å². The highest BCUT2D eigenvalue weighted by atomic mass is 16.5. The lowest BCUT2D eigenvalue weighted by molar-refractivity contribution is 0.145. The highest BCUT2D eigenvalue weighted by molar-refractivity contribution is 5.77. The standard InChI is InChI=1S/C17H27N3O/c1-3-21-12-6-11-19-16(18)20-13-17(9-10-17)15-8-5-4-7-14(15)2/h4-5,7-8H,3,6,9-13H2,1-2H3,(H3,18,19,20). The average Bonchev–Trinajstić information content (AvgIpc) is 3.26. The van der Waals surface area contributed by atoms with Crippen LogP contribution < -0.4 is 11.1 Å². The van der Waals surface area contributed by atoms with E-state index in [0.717, 1.165) is 32.7 Å². The van der Waals surface area contributed by atoms with Gasteiger partial charge in [0.1, 0.15) is 0 Å². The van der Waals surface area contributed by atoms with Crippen LogP contribution >= 0.6 is 0 Å². The Bertz CT molecular complexity index is 481. The van der Waals surface area contributed by atoms with Crippen molar-refractivity contribution in [2.24, 2.45) is 10.7 Å². The number of hydrogen-bond donors (Lipinski definition) is 2. The number of benzene rings is 1. The molecule has 0 radical (unpaired) electrons. The Morgan fingerprint density at radius 1 is 1.38 bits per heavy atom. The van der Waals surface area contributed by atoms with Gasteiger partial charge in [0.2, 0.25) is 0 Å². The number of hydrogen-bond acceptors (Lipinski definition) is 2. The molecule has 0 aromatic heterocycles. The van der Waals surface area contributed by atoms with Gasteiger partial charge in [0, 0.05) is 25.2 Å². The lowest BCUT2D eigenvalue weighted by Crippen LogP contribution is -2.33. The van der Waals surface area contributed by atoms with E-state index in [9.17, 15) is 0 Å². The molecule has 1 aliphatic rings. The predicted octanol–water partition coefficient (Wildman–Crippen LogP) is 2.36. The fourth-order valence-corrected chi connectivity index (χ4v) is 2.66. The first-order valence-corrected chi connectivity index (χ1v) is 7.85. The molecule has 0 bridgehead atoms. The molecular formula is C17H27N3O. The van der Waals surface area contributed by atoms with Crippen LogP contribution in [0.3, 0.4) is 0 Å². The SMILES string of the molecule is CCOCCCNC(N)=NCC1(c2ccccc2C)CC1. The maximum Gasteiger partial charge on any atom is 0.188 e. The van der Waals surface area contributed by atoms with Crippen molar-refractivity contribution < 1.29 is 4.74 Å². The summed E-state index contributed by atoms with van der Waals surface area (Å²) in [6.45, 7) is 7.31. The van der Waals surface area contributed by atoms with Gasteiger partial charge in [0.25, 0.3) is 0 Å². The quantitative estimate of drug-likeness (QED) is 0.439. The molecule has 0 saturated heterocycles. The molecule has 4 heteroatoms. The second-order valence-corrected chi connectivity index (χ2v) is 5.77. The summed E-state index contributed by atoms with van der Waals surface area (Å²) >= 11 is 0. The van der Waals surface area contributed by atoms with Crippen molar-refractivity contribution in [3.63, 3.8) is 0 Å². The van der Waals surface area contributed by atoms with Crippen molar-refractivity contribution in [3.8, 4) is 0 Å². The number of nitrogens with zero attached hydrogens (tertiary/aromatic N) is 1. The van der Waals surface area contributed by atoms with Gasteiger partial charge in [-0.3, -0.25) is 4.99 Å². The van der Waals surface area contributed by atoms with Gasteiger partial charge >= 0.3 is 0 Å². The van der Waals surface area contributed by atoms with Gasteiger partial charge < -0.3 is 15.8 Å². The normalized spacial score (nSPS) is 16.8. The van der Waals surface area contributed by atoms with E-state index in [1.807, 2.05) is 6.92 Å². The summed E-state index contributed by atoms with van der Waals surface area (Å²) in [7, 11) is 0. The summed E-state index contributed by atoms with van der Waals surface area (Å²) in [6, 6.07) is 8.60. The lowest BCUT2D eigenvalue weighted by atomic mass is 9.92. The van der Waals surface area contributed by atoms with Crippen LogP contribution in [0.1, 0.15) is 37.3 Å². The number of guanidine groups is 1. The molecule has 1 fully saturated rings. The van der Waals surface area contributed by atoms with E-state index in [1.165, 1.54) is 24.0 Å². The van der Waals surface area contributed by atoms with Crippen molar-refractivity contribution in [2.75, 3.05) is 26.3 Å². The van der Waals surface area contributed by atoms with Crippen LogP contribution in [0.25, 0.3) is 0 Å². The first kappa shape index (κ1) is 15.8. The fraction of sp³-hybridized carbons (Fsp3) is 0.588. The second-order valence-electron chi connectivity index (χ2n) is 5.77. The fourth-order valence-electron chi connectivity index (χ4n) is 2.66. The van der Waals surface area contributed by atoms with Gasteiger partial charge in [-0.15, -0.1) is 0 Å². The minimum Gasteiger partial charge on any atom is -0.382 e. The second kappa shape index (κ2) is 7.46. The molecule has 3 N–H and O–H groups in total. The van der Waals surface area contributed by atoms with E-state index in [1.54, 1.807) is 0 Å². The monoisotopic (exact) mass is 289 g/mol. The topological polar surface area (TPSA) is 59.6 Å². The molecule has 0 amide bonds. The van der Waals surface area contributed by atoms with Crippen molar-refractivity contribution in [2.45, 2.75) is 38.5 Å². The third kappa shape index (κ3) is 4.46. The Hall–Kier alpha value is -1.55. The number of aryl methyl sites for hydroxylation is 1. The highest BCUT2D eigenvalue weighted by Gasteiger charge is 2.44. The molecule has 1 saturated carbocycles. The summed E-state index contributed by atoms with van der Waals surface area (Å²) in [6.07, 6.45) is 3.37. The van der Waals surface area contributed by atoms with E-state index in [0.29, 0.717) is 5.96 Å². The molecule has 1 aromatic rings. The van der Waals surface area contributed by atoms with E-state index in [4.69, 9.17) is 10.5 Å².